The molecule has 0 aromatic heterocycles. The highest BCUT2D eigenvalue weighted by atomic mass is 16.3. The average molecular weight is 205 g/mol. The van der Waals surface area contributed by atoms with E-state index in [1.807, 2.05) is 19.1 Å². The summed E-state index contributed by atoms with van der Waals surface area (Å²) < 4.78 is 0. The Morgan fingerprint density at radius 3 is 3.07 bits per heavy atom. The number of aliphatic hydroxyl groups is 1. The molecular weight excluding hydrogens is 190 g/mol. The van der Waals surface area contributed by atoms with Gasteiger partial charge < -0.3 is 10.4 Å². The zero-order valence-corrected chi connectivity index (χ0v) is 8.79. The van der Waals surface area contributed by atoms with Crippen LogP contribution in [0.3, 0.4) is 0 Å². The maximum absolute atomic E-state index is 11.6. The lowest BCUT2D eigenvalue weighted by atomic mass is 9.95. The minimum atomic E-state index is -0.468. The van der Waals surface area contributed by atoms with Crippen LogP contribution in [0.1, 0.15) is 40.9 Å². The predicted molar refractivity (Wildman–Crippen MR) is 57.7 cm³/mol. The monoisotopic (exact) mass is 205 g/mol. The van der Waals surface area contributed by atoms with Crippen LogP contribution in [0.2, 0.25) is 0 Å². The zero-order chi connectivity index (χ0) is 10.8. The van der Waals surface area contributed by atoms with Crippen LogP contribution >= 0.6 is 0 Å². The van der Waals surface area contributed by atoms with Crippen molar-refractivity contribution in [2.45, 2.75) is 25.9 Å². The molecule has 2 N–H and O–H groups in total. The third-order valence-corrected chi connectivity index (χ3v) is 2.83. The molecule has 0 spiro atoms. The molecule has 1 aliphatic rings. The number of rotatable bonds is 2. The van der Waals surface area contributed by atoms with E-state index in [4.69, 9.17) is 0 Å². The molecule has 1 amide bonds. The first kappa shape index (κ1) is 10.2. The summed E-state index contributed by atoms with van der Waals surface area (Å²) in [5, 5.41) is 12.5. The molecule has 1 atom stereocenters. The van der Waals surface area contributed by atoms with Gasteiger partial charge in [0.25, 0.3) is 5.91 Å². The lowest BCUT2D eigenvalue weighted by Gasteiger charge is -2.18. The second-order valence-corrected chi connectivity index (χ2v) is 3.85. The first-order valence-electron chi connectivity index (χ1n) is 5.31. The number of fused-ring (bicyclic) bond motifs is 1. The standard InChI is InChI=1S/C12H15NO2/c1-2-11(14)9-4-3-8-5-6-13-12(15)10(8)7-9/h3-4,7,11,14H,2,5-6H2,1H3,(H,13,15)/t11-/m1/s1. The number of aliphatic hydroxyl groups excluding tert-OH is 1. The van der Waals surface area contributed by atoms with Gasteiger partial charge in [-0.2, -0.15) is 0 Å². The number of carbonyl (C=O) groups excluding carboxylic acids is 1. The molecule has 0 unspecified atom stereocenters. The number of hydrogen-bond acceptors (Lipinski definition) is 2. The maximum Gasteiger partial charge on any atom is 0.251 e. The smallest absolute Gasteiger partial charge is 0.251 e. The minimum absolute atomic E-state index is 0.0265. The normalized spacial score (nSPS) is 16.8. The van der Waals surface area contributed by atoms with Crippen molar-refractivity contribution in [2.24, 2.45) is 0 Å². The molecule has 1 aliphatic heterocycles. The third kappa shape index (κ3) is 1.88. The summed E-state index contributed by atoms with van der Waals surface area (Å²) in [5.74, 6) is -0.0265. The Balaban J connectivity index is 2.39. The molecule has 1 aromatic carbocycles. The fourth-order valence-corrected chi connectivity index (χ4v) is 1.87. The number of hydrogen-bond donors (Lipinski definition) is 2. The first-order chi connectivity index (χ1) is 7.22. The summed E-state index contributed by atoms with van der Waals surface area (Å²) in [6.45, 7) is 2.63. The van der Waals surface area contributed by atoms with E-state index in [-0.39, 0.29) is 5.91 Å². The highest BCUT2D eigenvalue weighted by molar-refractivity contribution is 5.96. The Morgan fingerprint density at radius 2 is 2.33 bits per heavy atom. The Kier molecular flexibility index (Phi) is 2.73. The fourth-order valence-electron chi connectivity index (χ4n) is 1.87. The van der Waals surface area contributed by atoms with Gasteiger partial charge in [-0.25, -0.2) is 0 Å². The lowest BCUT2D eigenvalue weighted by Crippen LogP contribution is -2.31. The van der Waals surface area contributed by atoms with Crippen molar-refractivity contribution in [2.75, 3.05) is 6.54 Å². The van der Waals surface area contributed by atoms with Crippen LogP contribution in [-0.2, 0) is 6.42 Å². The van der Waals surface area contributed by atoms with E-state index in [9.17, 15) is 9.90 Å². The molecule has 0 saturated carbocycles. The van der Waals surface area contributed by atoms with Crippen LogP contribution in [-0.4, -0.2) is 17.6 Å². The van der Waals surface area contributed by atoms with Crippen LogP contribution in [0.5, 0.6) is 0 Å². The van der Waals surface area contributed by atoms with E-state index in [1.165, 1.54) is 0 Å². The van der Waals surface area contributed by atoms with Crippen LogP contribution in [0.25, 0.3) is 0 Å². The quantitative estimate of drug-likeness (QED) is 0.767. The highest BCUT2D eigenvalue weighted by Crippen LogP contribution is 2.21. The average Bonchev–Trinajstić information content (AvgIpc) is 2.28. The van der Waals surface area contributed by atoms with Crippen molar-refractivity contribution in [3.63, 3.8) is 0 Å². The minimum Gasteiger partial charge on any atom is -0.388 e. The molecule has 0 bridgehead atoms. The van der Waals surface area contributed by atoms with Crippen molar-refractivity contribution < 1.29 is 9.90 Å². The Labute approximate surface area is 89.1 Å². The number of carbonyl (C=O) groups is 1. The highest BCUT2D eigenvalue weighted by Gasteiger charge is 2.17. The lowest BCUT2D eigenvalue weighted by molar-refractivity contribution is 0.0945. The Bertz CT molecular complexity index is 387. The molecule has 3 nitrogen and oxygen atoms in total. The van der Waals surface area contributed by atoms with Crippen molar-refractivity contribution in [3.05, 3.63) is 34.9 Å². The molecule has 80 valence electrons. The molecule has 0 aliphatic carbocycles. The largest absolute Gasteiger partial charge is 0.388 e. The fraction of sp³-hybridized carbons (Fsp3) is 0.417. The first-order valence-corrected chi connectivity index (χ1v) is 5.31. The van der Waals surface area contributed by atoms with E-state index >= 15 is 0 Å². The Morgan fingerprint density at radius 1 is 1.53 bits per heavy atom. The van der Waals surface area contributed by atoms with E-state index < -0.39 is 6.10 Å². The summed E-state index contributed by atoms with van der Waals surface area (Å²) in [6.07, 6.45) is 1.08. The molecule has 3 heteroatoms. The summed E-state index contributed by atoms with van der Waals surface area (Å²) in [7, 11) is 0. The molecular formula is C12H15NO2. The molecule has 0 radical (unpaired) electrons. The van der Waals surface area contributed by atoms with Gasteiger partial charge in [0.1, 0.15) is 0 Å². The predicted octanol–water partition coefficient (Wildman–Crippen LogP) is 1.42. The van der Waals surface area contributed by atoms with Gasteiger partial charge in [0.05, 0.1) is 6.10 Å². The molecule has 15 heavy (non-hydrogen) atoms. The molecule has 1 heterocycles. The summed E-state index contributed by atoms with van der Waals surface area (Å²) >= 11 is 0. The van der Waals surface area contributed by atoms with Gasteiger partial charge in [-0.15, -0.1) is 0 Å². The van der Waals surface area contributed by atoms with Gasteiger partial charge in [0, 0.05) is 12.1 Å². The van der Waals surface area contributed by atoms with Crippen molar-refractivity contribution in [1.82, 2.24) is 5.32 Å². The molecule has 0 saturated heterocycles. The number of nitrogens with one attached hydrogen (secondary N) is 1. The van der Waals surface area contributed by atoms with Gasteiger partial charge in [-0.1, -0.05) is 19.1 Å². The molecule has 2 rings (SSSR count). The van der Waals surface area contributed by atoms with Crippen LogP contribution in [0, 0.1) is 0 Å². The second-order valence-electron chi connectivity index (χ2n) is 3.85. The third-order valence-electron chi connectivity index (χ3n) is 2.83. The van der Waals surface area contributed by atoms with E-state index in [0.29, 0.717) is 18.5 Å². The van der Waals surface area contributed by atoms with Crippen molar-refractivity contribution in [3.8, 4) is 0 Å². The zero-order valence-electron chi connectivity index (χ0n) is 8.79. The number of benzene rings is 1. The van der Waals surface area contributed by atoms with Gasteiger partial charge in [-0.3, -0.25) is 4.79 Å². The van der Waals surface area contributed by atoms with Gasteiger partial charge in [0.2, 0.25) is 0 Å². The summed E-state index contributed by atoms with van der Waals surface area (Å²) in [4.78, 5) is 11.6. The Hall–Kier alpha value is -1.35. The second kappa shape index (κ2) is 4.03. The van der Waals surface area contributed by atoms with Gasteiger partial charge in [0.15, 0.2) is 0 Å². The summed E-state index contributed by atoms with van der Waals surface area (Å²) in [5.41, 5.74) is 2.62. The topological polar surface area (TPSA) is 49.3 Å². The van der Waals surface area contributed by atoms with Crippen molar-refractivity contribution in [1.29, 1.82) is 0 Å². The van der Waals surface area contributed by atoms with Crippen LogP contribution < -0.4 is 5.32 Å². The van der Waals surface area contributed by atoms with Crippen LogP contribution in [0.4, 0.5) is 0 Å². The van der Waals surface area contributed by atoms with Crippen molar-refractivity contribution >= 4 is 5.91 Å². The number of amides is 1. The summed E-state index contributed by atoms with van der Waals surface area (Å²) in [6, 6.07) is 5.66. The van der Waals surface area contributed by atoms with Gasteiger partial charge in [-0.05, 0) is 30.0 Å². The van der Waals surface area contributed by atoms with E-state index in [0.717, 1.165) is 17.5 Å². The van der Waals surface area contributed by atoms with E-state index in [1.54, 1.807) is 6.07 Å². The van der Waals surface area contributed by atoms with E-state index in [2.05, 4.69) is 5.32 Å². The maximum atomic E-state index is 11.6. The molecule has 1 aromatic rings. The SMILES string of the molecule is CC[C@@H](O)c1ccc2c(c1)C(=O)NCC2. The molecule has 0 fully saturated rings. The van der Waals surface area contributed by atoms with Crippen LogP contribution in [0.15, 0.2) is 18.2 Å². The van der Waals surface area contributed by atoms with Gasteiger partial charge >= 0.3 is 0 Å².